The van der Waals surface area contributed by atoms with Crippen molar-refractivity contribution in [3.63, 3.8) is 0 Å². The molecule has 0 aliphatic heterocycles. The van der Waals surface area contributed by atoms with Gasteiger partial charge in [0.05, 0.1) is 0 Å². The molecule has 0 unspecified atom stereocenters. The molecule has 1 aromatic heterocycles. The second kappa shape index (κ2) is 6.15. The molecule has 136 valence electrons. The lowest BCUT2D eigenvalue weighted by atomic mass is 9.53. The lowest BCUT2D eigenvalue weighted by Gasteiger charge is -2.56. The van der Waals surface area contributed by atoms with Gasteiger partial charge in [0.2, 0.25) is 11.7 Å². The minimum atomic E-state index is 0.00280. The van der Waals surface area contributed by atoms with Crippen LogP contribution in [0.15, 0.2) is 28.7 Å². The number of tetrazole rings is 1. The van der Waals surface area contributed by atoms with Gasteiger partial charge in [-0.1, -0.05) is 28.1 Å². The number of halogens is 1. The second-order valence-electron chi connectivity index (χ2n) is 8.37. The van der Waals surface area contributed by atoms with Gasteiger partial charge in [-0.3, -0.25) is 4.79 Å². The van der Waals surface area contributed by atoms with E-state index in [1.165, 1.54) is 24.1 Å². The monoisotopic (exact) mass is 415 g/mol. The number of nitrogens with one attached hydrogen (secondary N) is 1. The van der Waals surface area contributed by atoms with Crippen LogP contribution in [0.4, 0.5) is 0 Å². The van der Waals surface area contributed by atoms with Crippen LogP contribution in [0.2, 0.25) is 0 Å². The number of nitrogens with zero attached hydrogens (tertiary/aromatic N) is 4. The fourth-order valence-electron chi connectivity index (χ4n) is 5.79. The molecular weight excluding hydrogens is 394 g/mol. The highest BCUT2D eigenvalue weighted by atomic mass is 79.9. The Morgan fingerprint density at radius 1 is 1.15 bits per heavy atom. The highest BCUT2D eigenvalue weighted by Gasteiger charge is 2.51. The molecule has 4 saturated carbocycles. The predicted octanol–water partition coefficient (Wildman–Crippen LogP) is 3.19. The Balaban J connectivity index is 1.27. The maximum absolute atomic E-state index is 12.7. The van der Waals surface area contributed by atoms with E-state index in [9.17, 15) is 4.79 Å². The fourth-order valence-corrected chi connectivity index (χ4v) is 6.25. The molecule has 26 heavy (non-hydrogen) atoms. The molecule has 4 fully saturated rings. The van der Waals surface area contributed by atoms with E-state index in [0.29, 0.717) is 5.82 Å². The van der Waals surface area contributed by atoms with Gasteiger partial charge in [-0.05, 0) is 73.6 Å². The van der Waals surface area contributed by atoms with Gasteiger partial charge in [0.25, 0.3) is 0 Å². The van der Waals surface area contributed by atoms with Gasteiger partial charge < -0.3 is 5.32 Å². The minimum absolute atomic E-state index is 0.00280. The molecule has 1 amide bonds. The fraction of sp³-hybridized carbons (Fsp3) is 0.579. The first kappa shape index (κ1) is 16.4. The quantitative estimate of drug-likeness (QED) is 0.831. The average molecular weight is 416 g/mol. The molecular formula is C19H22BrN5O. The van der Waals surface area contributed by atoms with Crippen molar-refractivity contribution in [3.8, 4) is 11.4 Å². The molecule has 6 nitrogen and oxygen atoms in total. The number of hydrogen-bond acceptors (Lipinski definition) is 4. The summed E-state index contributed by atoms with van der Waals surface area (Å²) in [5.74, 6) is 2.97. The first-order chi connectivity index (χ1) is 12.6. The molecule has 4 aliphatic rings. The molecule has 2 aromatic rings. The predicted molar refractivity (Wildman–Crippen MR) is 100.0 cm³/mol. The first-order valence-electron chi connectivity index (χ1n) is 9.42. The summed E-state index contributed by atoms with van der Waals surface area (Å²) in [6.07, 6.45) is 7.56. The number of amides is 1. The maximum Gasteiger partial charge on any atom is 0.244 e. The van der Waals surface area contributed by atoms with E-state index in [-0.39, 0.29) is 18.0 Å². The van der Waals surface area contributed by atoms with Crippen LogP contribution < -0.4 is 5.32 Å². The van der Waals surface area contributed by atoms with Crippen LogP contribution in [-0.4, -0.2) is 31.7 Å². The summed E-state index contributed by atoms with van der Waals surface area (Å²) in [6, 6.07) is 7.74. The minimum Gasteiger partial charge on any atom is -0.349 e. The largest absolute Gasteiger partial charge is 0.349 e. The van der Waals surface area contributed by atoms with Crippen LogP contribution in [-0.2, 0) is 11.3 Å². The van der Waals surface area contributed by atoms with Crippen LogP contribution in [0.25, 0.3) is 11.4 Å². The standard InChI is InChI=1S/C19H22BrN5O/c20-16-4-2-1-3-15(16)18-22-24-25(23-18)11-17(26)21-19-8-12-5-13(9-19)7-14(6-12)10-19/h1-4,12-14H,5-11H2,(H,21,26). The van der Waals surface area contributed by atoms with Gasteiger partial charge in [-0.25, -0.2) is 0 Å². The first-order valence-corrected chi connectivity index (χ1v) is 10.2. The summed E-state index contributed by atoms with van der Waals surface area (Å²) >= 11 is 3.50. The summed E-state index contributed by atoms with van der Waals surface area (Å²) in [4.78, 5) is 14.1. The highest BCUT2D eigenvalue weighted by molar-refractivity contribution is 9.10. The van der Waals surface area contributed by atoms with E-state index in [4.69, 9.17) is 0 Å². The third-order valence-corrected chi connectivity index (χ3v) is 6.99. The number of carbonyl (C=O) groups excluding carboxylic acids is 1. The number of hydrogen-bond donors (Lipinski definition) is 1. The molecule has 4 aliphatic carbocycles. The van der Waals surface area contributed by atoms with Crippen molar-refractivity contribution in [2.24, 2.45) is 17.8 Å². The van der Waals surface area contributed by atoms with E-state index in [1.54, 1.807) is 0 Å². The van der Waals surface area contributed by atoms with E-state index in [1.807, 2.05) is 24.3 Å². The van der Waals surface area contributed by atoms with Gasteiger partial charge in [0, 0.05) is 15.6 Å². The molecule has 4 bridgehead atoms. The van der Waals surface area contributed by atoms with E-state index in [0.717, 1.165) is 47.1 Å². The molecule has 0 atom stereocenters. The van der Waals surface area contributed by atoms with E-state index in [2.05, 4.69) is 36.7 Å². The summed E-state index contributed by atoms with van der Waals surface area (Å²) in [5.41, 5.74) is 0.901. The van der Waals surface area contributed by atoms with E-state index < -0.39 is 0 Å². The van der Waals surface area contributed by atoms with Crippen LogP contribution in [0.3, 0.4) is 0 Å². The molecule has 7 heteroatoms. The van der Waals surface area contributed by atoms with Crippen molar-refractivity contribution >= 4 is 21.8 Å². The van der Waals surface area contributed by atoms with Crippen molar-refractivity contribution in [2.75, 3.05) is 0 Å². The Morgan fingerprint density at radius 3 is 2.46 bits per heavy atom. The second-order valence-corrected chi connectivity index (χ2v) is 9.22. The van der Waals surface area contributed by atoms with Gasteiger partial charge in [0.1, 0.15) is 6.54 Å². The lowest BCUT2D eigenvalue weighted by molar-refractivity contribution is -0.127. The number of benzene rings is 1. The van der Waals surface area contributed by atoms with Crippen LogP contribution >= 0.6 is 15.9 Å². The van der Waals surface area contributed by atoms with Crippen molar-refractivity contribution in [1.29, 1.82) is 0 Å². The lowest BCUT2D eigenvalue weighted by Crippen LogP contribution is -2.60. The third-order valence-electron chi connectivity index (χ3n) is 6.30. The van der Waals surface area contributed by atoms with Crippen LogP contribution in [0.5, 0.6) is 0 Å². The van der Waals surface area contributed by atoms with E-state index >= 15 is 0 Å². The number of carbonyl (C=O) groups is 1. The summed E-state index contributed by atoms with van der Waals surface area (Å²) in [7, 11) is 0. The van der Waals surface area contributed by atoms with Gasteiger partial charge in [-0.15, -0.1) is 10.2 Å². The smallest absolute Gasteiger partial charge is 0.244 e. The molecule has 1 aromatic carbocycles. The van der Waals surface area contributed by atoms with Crippen LogP contribution in [0, 0.1) is 17.8 Å². The van der Waals surface area contributed by atoms with Gasteiger partial charge in [-0.2, -0.15) is 4.80 Å². The zero-order valence-electron chi connectivity index (χ0n) is 14.6. The zero-order chi connectivity index (χ0) is 17.7. The summed E-state index contributed by atoms with van der Waals surface area (Å²) < 4.78 is 0.914. The molecule has 1 N–H and O–H groups in total. The summed E-state index contributed by atoms with van der Waals surface area (Å²) in [6.45, 7) is 0.124. The van der Waals surface area contributed by atoms with Crippen molar-refractivity contribution < 1.29 is 4.79 Å². The van der Waals surface area contributed by atoms with Gasteiger partial charge >= 0.3 is 0 Å². The Labute approximate surface area is 160 Å². The SMILES string of the molecule is O=C(Cn1nnc(-c2ccccc2Br)n1)NC12CC3CC(CC(C3)C1)C2. The zero-order valence-corrected chi connectivity index (χ0v) is 16.2. The Hall–Kier alpha value is -1.76. The average Bonchev–Trinajstić information content (AvgIpc) is 3.01. The molecule has 0 spiro atoms. The van der Waals surface area contributed by atoms with Crippen molar-refractivity contribution in [1.82, 2.24) is 25.5 Å². The molecule has 0 radical (unpaired) electrons. The highest BCUT2D eigenvalue weighted by Crippen LogP contribution is 2.55. The molecule has 0 saturated heterocycles. The molecule has 6 rings (SSSR count). The Kier molecular flexibility index (Phi) is 3.88. The van der Waals surface area contributed by atoms with Gasteiger partial charge in [0.15, 0.2) is 0 Å². The van der Waals surface area contributed by atoms with Crippen molar-refractivity contribution in [3.05, 3.63) is 28.7 Å². The Bertz CT molecular complexity index is 813. The normalized spacial score (nSPS) is 32.0. The topological polar surface area (TPSA) is 72.7 Å². The third kappa shape index (κ3) is 2.96. The van der Waals surface area contributed by atoms with Crippen LogP contribution in [0.1, 0.15) is 38.5 Å². The molecule has 1 heterocycles. The van der Waals surface area contributed by atoms with Crippen molar-refractivity contribution in [2.45, 2.75) is 50.6 Å². The maximum atomic E-state index is 12.7. The number of rotatable bonds is 4. The summed E-state index contributed by atoms with van der Waals surface area (Å²) in [5, 5.41) is 15.9. The number of aromatic nitrogens is 4. The Morgan fingerprint density at radius 2 is 1.81 bits per heavy atom.